The van der Waals surface area contributed by atoms with Gasteiger partial charge in [0.1, 0.15) is 0 Å². The van der Waals surface area contributed by atoms with Crippen molar-refractivity contribution in [3.63, 3.8) is 0 Å². The smallest absolute Gasteiger partial charge is 0.322 e. The summed E-state index contributed by atoms with van der Waals surface area (Å²) in [6.07, 6.45) is 3.90. The molecule has 0 bridgehead atoms. The van der Waals surface area contributed by atoms with E-state index in [0.717, 1.165) is 4.57 Å². The first-order valence-electron chi connectivity index (χ1n) is 6.68. The summed E-state index contributed by atoms with van der Waals surface area (Å²) in [5.41, 5.74) is 0.204. The van der Waals surface area contributed by atoms with Gasteiger partial charge in [0, 0.05) is 32.1 Å². The number of carbonyl (C=O) groups excluding carboxylic acids is 1. The van der Waals surface area contributed by atoms with E-state index in [9.17, 15) is 14.4 Å². The third-order valence-corrected chi connectivity index (χ3v) is 3.15. The van der Waals surface area contributed by atoms with Crippen LogP contribution >= 0.6 is 0 Å². The highest BCUT2D eigenvalue weighted by Gasteiger charge is 2.05. The molecule has 0 radical (unpaired) electrons. The Bertz CT molecular complexity index is 945. The number of amides is 1. The van der Waals surface area contributed by atoms with Gasteiger partial charge in [0.25, 0.3) is 5.56 Å². The number of nitriles is 1. The lowest BCUT2D eigenvalue weighted by Gasteiger charge is -2.04. The SMILES string of the molecule is Cn1cc(/C=C/C(=O)Nc2cccc(C#N)c2)c(=O)n(C)c1=O. The van der Waals surface area contributed by atoms with Crippen LogP contribution in [0.4, 0.5) is 5.69 Å². The maximum absolute atomic E-state index is 11.9. The second kappa shape index (κ2) is 6.58. The Hall–Kier alpha value is -3.40. The minimum Gasteiger partial charge on any atom is -0.322 e. The molecule has 0 saturated carbocycles. The number of hydrogen-bond acceptors (Lipinski definition) is 4. The first kappa shape index (κ1) is 16.0. The van der Waals surface area contributed by atoms with Crippen molar-refractivity contribution in [1.82, 2.24) is 9.13 Å². The predicted octanol–water partition coefficient (Wildman–Crippen LogP) is 0.608. The van der Waals surface area contributed by atoms with Gasteiger partial charge in [0.2, 0.25) is 5.91 Å². The molecule has 0 fully saturated rings. The zero-order valence-corrected chi connectivity index (χ0v) is 12.6. The summed E-state index contributed by atoms with van der Waals surface area (Å²) in [7, 11) is 2.89. The lowest BCUT2D eigenvalue weighted by molar-refractivity contribution is -0.111. The quantitative estimate of drug-likeness (QED) is 0.840. The van der Waals surface area contributed by atoms with Gasteiger partial charge in [-0.3, -0.25) is 14.2 Å². The van der Waals surface area contributed by atoms with Gasteiger partial charge in [-0.05, 0) is 24.3 Å². The van der Waals surface area contributed by atoms with Gasteiger partial charge in [-0.1, -0.05) is 6.07 Å². The molecule has 7 nitrogen and oxygen atoms in total. The highest BCUT2D eigenvalue weighted by atomic mass is 16.2. The summed E-state index contributed by atoms with van der Waals surface area (Å²) < 4.78 is 2.23. The molecular formula is C16H14N4O3. The summed E-state index contributed by atoms with van der Waals surface area (Å²) in [6, 6.07) is 8.45. The molecule has 0 aliphatic heterocycles. The van der Waals surface area contributed by atoms with Crippen molar-refractivity contribution in [3.05, 3.63) is 68.5 Å². The molecule has 1 aromatic carbocycles. The van der Waals surface area contributed by atoms with Gasteiger partial charge in [-0.2, -0.15) is 5.26 Å². The Kier molecular flexibility index (Phi) is 4.57. The average Bonchev–Trinajstić information content (AvgIpc) is 2.55. The molecule has 23 heavy (non-hydrogen) atoms. The van der Waals surface area contributed by atoms with Crippen LogP contribution in [0.3, 0.4) is 0 Å². The summed E-state index contributed by atoms with van der Waals surface area (Å²) >= 11 is 0. The van der Waals surface area contributed by atoms with Crippen molar-refractivity contribution in [2.24, 2.45) is 14.1 Å². The summed E-state index contributed by atoms with van der Waals surface area (Å²) in [4.78, 5) is 35.4. The highest BCUT2D eigenvalue weighted by molar-refractivity contribution is 6.01. The summed E-state index contributed by atoms with van der Waals surface area (Å²) in [5.74, 6) is -0.448. The van der Waals surface area contributed by atoms with Gasteiger partial charge in [-0.15, -0.1) is 0 Å². The average molecular weight is 310 g/mol. The minimum absolute atomic E-state index is 0.218. The molecule has 1 aromatic heterocycles. The number of anilines is 1. The van der Waals surface area contributed by atoms with E-state index in [0.29, 0.717) is 11.3 Å². The van der Waals surface area contributed by atoms with Crippen LogP contribution in [0.15, 0.2) is 46.1 Å². The lowest BCUT2D eigenvalue weighted by Crippen LogP contribution is -2.37. The van der Waals surface area contributed by atoms with Crippen molar-refractivity contribution in [2.75, 3.05) is 5.32 Å². The molecule has 0 saturated heterocycles. The molecule has 0 spiro atoms. The Morgan fingerprint density at radius 2 is 2.04 bits per heavy atom. The second-order valence-corrected chi connectivity index (χ2v) is 4.86. The minimum atomic E-state index is -0.483. The molecule has 7 heteroatoms. The summed E-state index contributed by atoms with van der Waals surface area (Å²) in [6.45, 7) is 0. The normalized spacial score (nSPS) is 10.5. The molecule has 0 atom stereocenters. The standard InChI is InChI=1S/C16H14N4O3/c1-19-10-12(15(22)20(2)16(19)23)6-7-14(21)18-13-5-3-4-11(8-13)9-17/h3-8,10H,1-2H3,(H,18,21)/b7-6+. The number of carbonyl (C=O) groups is 1. The van der Waals surface area contributed by atoms with Crippen LogP contribution in [-0.4, -0.2) is 15.0 Å². The van der Waals surface area contributed by atoms with Crippen LogP contribution in [0.5, 0.6) is 0 Å². The molecule has 116 valence electrons. The molecule has 0 aliphatic carbocycles. The first-order chi connectivity index (χ1) is 10.9. The van der Waals surface area contributed by atoms with Gasteiger partial charge in [0.15, 0.2) is 0 Å². The highest BCUT2D eigenvalue weighted by Crippen LogP contribution is 2.09. The van der Waals surface area contributed by atoms with E-state index in [2.05, 4.69) is 5.32 Å². The van der Waals surface area contributed by atoms with Gasteiger partial charge >= 0.3 is 5.69 Å². The molecule has 0 unspecified atom stereocenters. The number of hydrogen-bond donors (Lipinski definition) is 1. The second-order valence-electron chi connectivity index (χ2n) is 4.86. The predicted molar refractivity (Wildman–Crippen MR) is 85.7 cm³/mol. The van der Waals surface area contributed by atoms with Crippen molar-refractivity contribution in [3.8, 4) is 6.07 Å². The van der Waals surface area contributed by atoms with Crippen molar-refractivity contribution in [2.45, 2.75) is 0 Å². The monoisotopic (exact) mass is 310 g/mol. The molecule has 1 amide bonds. The van der Waals surface area contributed by atoms with Crippen molar-refractivity contribution in [1.29, 1.82) is 5.26 Å². The topological polar surface area (TPSA) is 96.9 Å². The Morgan fingerprint density at radius 3 is 2.74 bits per heavy atom. The van der Waals surface area contributed by atoms with Crippen LogP contribution in [-0.2, 0) is 18.9 Å². The fraction of sp³-hybridized carbons (Fsp3) is 0.125. The van der Waals surface area contributed by atoms with E-state index >= 15 is 0 Å². The van der Waals surface area contributed by atoms with Crippen LogP contribution in [0, 0.1) is 11.3 Å². The zero-order chi connectivity index (χ0) is 17.0. The zero-order valence-electron chi connectivity index (χ0n) is 12.6. The number of benzene rings is 1. The Morgan fingerprint density at radius 1 is 1.30 bits per heavy atom. The number of nitrogens with zero attached hydrogens (tertiary/aromatic N) is 3. The van der Waals surface area contributed by atoms with Crippen molar-refractivity contribution >= 4 is 17.7 Å². The van der Waals surface area contributed by atoms with Crippen LogP contribution in [0.1, 0.15) is 11.1 Å². The molecular weight excluding hydrogens is 296 g/mol. The van der Waals surface area contributed by atoms with E-state index in [-0.39, 0.29) is 5.56 Å². The maximum atomic E-state index is 11.9. The van der Waals surface area contributed by atoms with E-state index < -0.39 is 17.2 Å². The molecule has 2 aromatic rings. The van der Waals surface area contributed by atoms with E-state index in [4.69, 9.17) is 5.26 Å². The largest absolute Gasteiger partial charge is 0.330 e. The fourth-order valence-electron chi connectivity index (χ4n) is 1.97. The number of aryl methyl sites for hydroxylation is 1. The molecule has 0 aliphatic rings. The third-order valence-electron chi connectivity index (χ3n) is 3.15. The number of rotatable bonds is 3. The van der Waals surface area contributed by atoms with Crippen LogP contribution in [0.2, 0.25) is 0 Å². The number of aromatic nitrogens is 2. The molecule has 2 rings (SSSR count). The fourth-order valence-corrected chi connectivity index (χ4v) is 1.97. The van der Waals surface area contributed by atoms with Crippen molar-refractivity contribution < 1.29 is 4.79 Å². The lowest BCUT2D eigenvalue weighted by atomic mass is 10.2. The number of nitrogens with one attached hydrogen (secondary N) is 1. The van der Waals surface area contributed by atoms with Crippen LogP contribution in [0.25, 0.3) is 6.08 Å². The Balaban J connectivity index is 2.21. The first-order valence-corrected chi connectivity index (χ1v) is 6.68. The third kappa shape index (κ3) is 3.63. The maximum Gasteiger partial charge on any atom is 0.330 e. The van der Waals surface area contributed by atoms with E-state index in [1.54, 1.807) is 18.2 Å². The van der Waals surface area contributed by atoms with E-state index in [1.165, 1.54) is 43.1 Å². The van der Waals surface area contributed by atoms with Crippen LogP contribution < -0.4 is 16.6 Å². The van der Waals surface area contributed by atoms with Gasteiger partial charge < -0.3 is 9.88 Å². The van der Waals surface area contributed by atoms with Gasteiger partial charge in [-0.25, -0.2) is 4.79 Å². The van der Waals surface area contributed by atoms with E-state index in [1.807, 2.05) is 6.07 Å². The molecule has 1 N–H and O–H groups in total. The summed E-state index contributed by atoms with van der Waals surface area (Å²) in [5, 5.41) is 11.4. The Labute approximate surface area is 131 Å². The molecule has 1 heterocycles. The van der Waals surface area contributed by atoms with Gasteiger partial charge in [0.05, 0.1) is 17.2 Å².